The molecule has 10 nitrogen and oxygen atoms in total. The van der Waals surface area contributed by atoms with Crippen LogP contribution >= 0.6 is 11.6 Å². The molecular formula is C23H25ClFN5O5. The van der Waals surface area contributed by atoms with Crippen molar-refractivity contribution < 1.29 is 28.8 Å². The smallest absolute Gasteiger partial charge is 0.223 e. The van der Waals surface area contributed by atoms with Crippen LogP contribution in [-0.4, -0.2) is 67.5 Å². The summed E-state index contributed by atoms with van der Waals surface area (Å²) in [5.41, 5.74) is -0.124. The number of aliphatic hydroxyl groups is 2. The zero-order valence-corrected chi connectivity index (χ0v) is 20.1. The number of anilines is 1. The molecule has 0 spiro atoms. The molecule has 0 unspecified atom stereocenters. The zero-order chi connectivity index (χ0) is 24.6. The Morgan fingerprint density at radius 3 is 2.86 bits per heavy atom. The van der Waals surface area contributed by atoms with Crippen LogP contribution in [0.1, 0.15) is 39.1 Å². The van der Waals surface area contributed by atoms with Gasteiger partial charge in [0.25, 0.3) is 0 Å². The molecule has 0 saturated carbocycles. The molecule has 2 aromatic heterocycles. The van der Waals surface area contributed by atoms with Crippen LogP contribution in [0.3, 0.4) is 0 Å². The van der Waals surface area contributed by atoms with Gasteiger partial charge in [-0.05, 0) is 33.3 Å². The van der Waals surface area contributed by atoms with Gasteiger partial charge in [0.1, 0.15) is 35.2 Å². The fourth-order valence-corrected chi connectivity index (χ4v) is 5.18. The van der Waals surface area contributed by atoms with Gasteiger partial charge in [-0.2, -0.15) is 0 Å². The first kappa shape index (κ1) is 22.9. The second-order valence-corrected chi connectivity index (χ2v) is 10.2. The number of aliphatic hydroxyl groups excluding tert-OH is 1. The lowest BCUT2D eigenvalue weighted by Gasteiger charge is -2.32. The van der Waals surface area contributed by atoms with Crippen LogP contribution in [0.2, 0.25) is 5.02 Å². The molecule has 3 N–H and O–H groups in total. The zero-order valence-electron chi connectivity index (χ0n) is 19.3. The van der Waals surface area contributed by atoms with Crippen molar-refractivity contribution in [1.82, 2.24) is 19.5 Å². The number of halogens is 2. The third-order valence-electron chi connectivity index (χ3n) is 6.62. The fraction of sp³-hybridized carbons (Fsp3) is 0.522. The van der Waals surface area contributed by atoms with Crippen LogP contribution in [0, 0.1) is 5.82 Å². The Balaban J connectivity index is 1.45. The van der Waals surface area contributed by atoms with Crippen LogP contribution in [-0.2, 0) is 15.1 Å². The first-order valence-corrected chi connectivity index (χ1v) is 11.8. The van der Waals surface area contributed by atoms with E-state index in [1.165, 1.54) is 12.3 Å². The predicted octanol–water partition coefficient (Wildman–Crippen LogP) is 2.75. The van der Waals surface area contributed by atoms with E-state index in [2.05, 4.69) is 20.3 Å². The van der Waals surface area contributed by atoms with E-state index in [0.29, 0.717) is 42.3 Å². The number of nitrogens with zero attached hydrogens (tertiary/aromatic N) is 4. The summed E-state index contributed by atoms with van der Waals surface area (Å²) < 4.78 is 34.2. The van der Waals surface area contributed by atoms with Crippen molar-refractivity contribution in [1.29, 1.82) is 0 Å². The molecule has 12 heteroatoms. The quantitative estimate of drug-likeness (QED) is 0.491. The highest BCUT2D eigenvalue weighted by molar-refractivity contribution is 6.33. The second-order valence-electron chi connectivity index (χ2n) is 9.78. The van der Waals surface area contributed by atoms with E-state index in [1.807, 2.05) is 11.5 Å². The number of fused-ring (bicyclic) bond motifs is 2. The standard InChI is InChI=1S/C23H25ClFN5O5/c1-9-7-33-19-11(5-13(25)16-17(19)30(9)21(28-16)23(2,3)32)15-12(24)6-26-22(29-15)27-14-4-10-8-34-20(35-10)18(14)31/h5-6,9-10,14,18,20,31-32H,4,7-8H2,1-3H3,(H,26,27,29)/t9-,10+,14-,18+,20-/m1/s1. The van der Waals surface area contributed by atoms with E-state index in [-0.39, 0.29) is 40.4 Å². The SMILES string of the molecule is C[C@@H]1COc2c(-c3nc(N[C@@H]4C[C@H]5CO[C@H](O5)[C@H]4O)ncc3Cl)cc(F)c3nc(C(C)(C)O)n1c23. The van der Waals surface area contributed by atoms with E-state index in [0.717, 1.165) is 0 Å². The van der Waals surface area contributed by atoms with E-state index < -0.39 is 23.8 Å². The summed E-state index contributed by atoms with van der Waals surface area (Å²) >= 11 is 6.47. The second kappa shape index (κ2) is 7.97. The molecule has 186 valence electrons. The molecule has 5 heterocycles. The summed E-state index contributed by atoms with van der Waals surface area (Å²) in [5.74, 6) is 0.365. The molecule has 35 heavy (non-hydrogen) atoms. The van der Waals surface area contributed by atoms with Crippen LogP contribution in [0.4, 0.5) is 10.3 Å². The Labute approximate surface area is 205 Å². The van der Waals surface area contributed by atoms with Crippen molar-refractivity contribution in [2.24, 2.45) is 0 Å². The van der Waals surface area contributed by atoms with E-state index in [1.54, 1.807) is 13.8 Å². The van der Waals surface area contributed by atoms with Gasteiger partial charge in [-0.1, -0.05) is 11.6 Å². The molecule has 3 aliphatic heterocycles. The van der Waals surface area contributed by atoms with Crippen molar-refractivity contribution in [2.45, 2.75) is 63.4 Å². The van der Waals surface area contributed by atoms with Gasteiger partial charge in [-0.25, -0.2) is 19.3 Å². The van der Waals surface area contributed by atoms with Crippen molar-refractivity contribution in [2.75, 3.05) is 18.5 Å². The lowest BCUT2D eigenvalue weighted by atomic mass is 10.0. The largest absolute Gasteiger partial charge is 0.488 e. The number of aromatic nitrogens is 4. The molecule has 5 atom stereocenters. The summed E-state index contributed by atoms with van der Waals surface area (Å²) in [4.78, 5) is 13.2. The van der Waals surface area contributed by atoms with Crippen molar-refractivity contribution in [3.05, 3.63) is 28.9 Å². The molecule has 3 aliphatic rings. The summed E-state index contributed by atoms with van der Waals surface area (Å²) in [5, 5.41) is 24.6. The summed E-state index contributed by atoms with van der Waals surface area (Å²) in [6.45, 7) is 5.86. The third-order valence-corrected chi connectivity index (χ3v) is 6.90. The Morgan fingerprint density at radius 2 is 2.09 bits per heavy atom. The summed E-state index contributed by atoms with van der Waals surface area (Å²) in [6, 6.07) is 0.726. The van der Waals surface area contributed by atoms with Gasteiger partial charge < -0.3 is 34.3 Å². The van der Waals surface area contributed by atoms with Gasteiger partial charge in [-0.15, -0.1) is 0 Å². The van der Waals surface area contributed by atoms with Crippen LogP contribution in [0.15, 0.2) is 12.3 Å². The molecular weight excluding hydrogens is 481 g/mol. The lowest BCUT2D eigenvalue weighted by molar-refractivity contribution is -0.156. The van der Waals surface area contributed by atoms with Gasteiger partial charge in [0.15, 0.2) is 17.9 Å². The predicted molar refractivity (Wildman–Crippen MR) is 124 cm³/mol. The van der Waals surface area contributed by atoms with Gasteiger partial charge in [0, 0.05) is 5.56 Å². The van der Waals surface area contributed by atoms with Gasteiger partial charge in [-0.3, -0.25) is 0 Å². The van der Waals surface area contributed by atoms with Crippen molar-refractivity contribution in [3.63, 3.8) is 0 Å². The highest BCUT2D eigenvalue weighted by atomic mass is 35.5. The Morgan fingerprint density at radius 1 is 1.29 bits per heavy atom. The summed E-state index contributed by atoms with van der Waals surface area (Å²) in [7, 11) is 0. The third kappa shape index (κ3) is 3.64. The Kier molecular flexibility index (Phi) is 5.21. The number of rotatable bonds is 4. The summed E-state index contributed by atoms with van der Waals surface area (Å²) in [6.07, 6.45) is 0.230. The molecule has 1 aromatic carbocycles. The number of hydrogen-bond donors (Lipinski definition) is 3. The molecule has 0 aliphatic carbocycles. The molecule has 2 saturated heterocycles. The number of nitrogens with one attached hydrogen (secondary N) is 1. The number of hydrogen-bond acceptors (Lipinski definition) is 9. The Hall–Kier alpha value is -2.57. The average molecular weight is 506 g/mol. The normalized spacial score (nSPS) is 27.8. The average Bonchev–Trinajstić information content (AvgIpc) is 3.41. The molecule has 2 fully saturated rings. The maximum atomic E-state index is 15.4. The highest BCUT2D eigenvalue weighted by Crippen LogP contribution is 2.45. The minimum absolute atomic E-state index is 0.108. The van der Waals surface area contributed by atoms with Crippen molar-refractivity contribution >= 4 is 28.6 Å². The first-order valence-electron chi connectivity index (χ1n) is 11.5. The Bertz CT molecular complexity index is 1330. The molecule has 0 amide bonds. The van der Waals surface area contributed by atoms with Crippen LogP contribution < -0.4 is 10.1 Å². The minimum atomic E-state index is -1.29. The van der Waals surface area contributed by atoms with Crippen LogP contribution in [0.5, 0.6) is 5.75 Å². The van der Waals surface area contributed by atoms with E-state index in [9.17, 15) is 10.2 Å². The lowest BCUT2D eigenvalue weighted by Crippen LogP contribution is -2.48. The number of imidazole rings is 1. The fourth-order valence-electron chi connectivity index (χ4n) is 4.99. The molecule has 3 aromatic rings. The van der Waals surface area contributed by atoms with E-state index >= 15 is 4.39 Å². The topological polar surface area (TPSA) is 124 Å². The molecule has 0 radical (unpaired) electrons. The van der Waals surface area contributed by atoms with Gasteiger partial charge in [0.05, 0.1) is 41.7 Å². The number of benzene rings is 1. The molecule has 2 bridgehead atoms. The maximum Gasteiger partial charge on any atom is 0.223 e. The first-order chi connectivity index (χ1) is 16.6. The van der Waals surface area contributed by atoms with Crippen LogP contribution in [0.25, 0.3) is 22.3 Å². The highest BCUT2D eigenvalue weighted by Gasteiger charge is 2.43. The van der Waals surface area contributed by atoms with Crippen molar-refractivity contribution in [3.8, 4) is 17.0 Å². The minimum Gasteiger partial charge on any atom is -0.488 e. The monoisotopic (exact) mass is 505 g/mol. The van der Waals surface area contributed by atoms with E-state index in [4.69, 9.17) is 25.8 Å². The van der Waals surface area contributed by atoms with Gasteiger partial charge >= 0.3 is 0 Å². The number of ether oxygens (including phenoxy) is 3. The molecule has 6 rings (SSSR count). The maximum absolute atomic E-state index is 15.4. The van der Waals surface area contributed by atoms with Gasteiger partial charge in [0.2, 0.25) is 5.95 Å².